The van der Waals surface area contributed by atoms with Crippen molar-refractivity contribution in [1.82, 2.24) is 10.1 Å². The topological polar surface area (TPSA) is 86.5 Å². The number of rotatable bonds is 8. The van der Waals surface area contributed by atoms with Crippen LogP contribution in [0, 0.1) is 13.8 Å². The number of nitrogens with zero attached hydrogens (tertiary/aromatic N) is 2. The molecule has 0 bridgehead atoms. The van der Waals surface area contributed by atoms with E-state index in [0.29, 0.717) is 23.0 Å². The van der Waals surface area contributed by atoms with Crippen LogP contribution in [-0.4, -0.2) is 22.7 Å². The molecule has 0 saturated carbocycles. The van der Waals surface area contributed by atoms with Crippen LogP contribution in [0.4, 0.5) is 5.69 Å². The lowest BCUT2D eigenvalue weighted by molar-refractivity contribution is -0.118. The number of nitrogens with one attached hydrogen (secondary N) is 1. The Balaban J connectivity index is 1.39. The molecule has 3 aromatic carbocycles. The summed E-state index contributed by atoms with van der Waals surface area (Å²) in [7, 11) is 0. The predicted octanol–water partition coefficient (Wildman–Crippen LogP) is 4.95. The van der Waals surface area contributed by atoms with Crippen molar-refractivity contribution in [2.75, 3.05) is 11.9 Å². The Morgan fingerprint density at radius 3 is 2.53 bits per heavy atom. The second kappa shape index (κ2) is 9.78. The number of aromatic nitrogens is 2. The van der Waals surface area contributed by atoms with Crippen LogP contribution in [0.25, 0.3) is 11.4 Å². The minimum absolute atomic E-state index is 0.147. The van der Waals surface area contributed by atoms with Gasteiger partial charge in [-0.15, -0.1) is 0 Å². The summed E-state index contributed by atoms with van der Waals surface area (Å²) in [5.74, 6) is 1.66. The van der Waals surface area contributed by atoms with Crippen LogP contribution in [0.5, 0.6) is 11.5 Å². The summed E-state index contributed by atoms with van der Waals surface area (Å²) in [6.45, 7) is 3.97. The van der Waals surface area contributed by atoms with Gasteiger partial charge in [0.2, 0.25) is 5.82 Å². The van der Waals surface area contributed by atoms with Crippen LogP contribution in [-0.2, 0) is 11.4 Å². The molecule has 0 saturated heterocycles. The third-order valence-corrected chi connectivity index (χ3v) is 4.61. The molecule has 1 aromatic heterocycles. The second-order valence-corrected chi connectivity index (χ2v) is 7.32. The number of ether oxygens (including phenoxy) is 2. The number of hydrogen-bond donors (Lipinski definition) is 1. The number of aryl methyl sites for hydroxylation is 2. The highest BCUT2D eigenvalue weighted by molar-refractivity contribution is 5.92. The highest BCUT2D eigenvalue weighted by atomic mass is 16.5. The zero-order valence-corrected chi connectivity index (χ0v) is 17.9. The molecule has 7 heteroatoms. The van der Waals surface area contributed by atoms with Crippen LogP contribution in [0.1, 0.15) is 17.0 Å². The van der Waals surface area contributed by atoms with Gasteiger partial charge in [-0.3, -0.25) is 4.79 Å². The summed E-state index contributed by atoms with van der Waals surface area (Å²) >= 11 is 0. The van der Waals surface area contributed by atoms with Gasteiger partial charge in [-0.2, -0.15) is 4.98 Å². The third-order valence-electron chi connectivity index (χ3n) is 4.61. The van der Waals surface area contributed by atoms with E-state index in [1.54, 1.807) is 6.07 Å². The standard InChI is InChI=1S/C25H23N3O4/c1-17-7-5-9-19(13-17)26-23(29)15-31-22-12-4-3-11-21(22)25-27-24(32-28-25)16-30-20-10-6-8-18(2)14-20/h3-14H,15-16H2,1-2H3,(H,26,29). The summed E-state index contributed by atoms with van der Waals surface area (Å²) in [5.41, 5.74) is 3.52. The van der Waals surface area contributed by atoms with E-state index in [4.69, 9.17) is 14.0 Å². The fraction of sp³-hybridized carbons (Fsp3) is 0.160. The molecule has 0 aliphatic rings. The first-order chi connectivity index (χ1) is 15.6. The molecule has 162 valence electrons. The molecule has 0 atom stereocenters. The first kappa shape index (κ1) is 21.1. The Kier molecular flexibility index (Phi) is 6.46. The van der Waals surface area contributed by atoms with E-state index >= 15 is 0 Å². The molecule has 0 aliphatic carbocycles. The molecule has 0 fully saturated rings. The van der Waals surface area contributed by atoms with Crippen molar-refractivity contribution in [1.29, 1.82) is 0 Å². The molecule has 0 aliphatic heterocycles. The fourth-order valence-corrected chi connectivity index (χ4v) is 3.11. The smallest absolute Gasteiger partial charge is 0.264 e. The zero-order chi connectivity index (χ0) is 22.3. The van der Waals surface area contributed by atoms with Crippen LogP contribution in [0.15, 0.2) is 77.3 Å². The number of anilines is 1. The van der Waals surface area contributed by atoms with Gasteiger partial charge in [-0.25, -0.2) is 0 Å². The maximum absolute atomic E-state index is 12.3. The number of amides is 1. The van der Waals surface area contributed by atoms with Gasteiger partial charge in [0.1, 0.15) is 11.5 Å². The molecule has 32 heavy (non-hydrogen) atoms. The van der Waals surface area contributed by atoms with E-state index in [2.05, 4.69) is 15.5 Å². The fourth-order valence-electron chi connectivity index (χ4n) is 3.11. The Bertz CT molecular complexity index is 1220. The highest BCUT2D eigenvalue weighted by Crippen LogP contribution is 2.28. The number of benzene rings is 3. The normalized spacial score (nSPS) is 10.6. The molecule has 7 nitrogen and oxygen atoms in total. The van der Waals surface area contributed by atoms with Gasteiger partial charge in [0.15, 0.2) is 13.2 Å². The van der Waals surface area contributed by atoms with E-state index < -0.39 is 0 Å². The van der Waals surface area contributed by atoms with E-state index in [1.165, 1.54) is 0 Å². The molecular weight excluding hydrogens is 406 g/mol. The van der Waals surface area contributed by atoms with Crippen molar-refractivity contribution >= 4 is 11.6 Å². The zero-order valence-electron chi connectivity index (χ0n) is 17.9. The molecular formula is C25H23N3O4. The van der Waals surface area contributed by atoms with E-state index in [9.17, 15) is 4.79 Å². The number of carbonyl (C=O) groups is 1. The van der Waals surface area contributed by atoms with Gasteiger partial charge in [0, 0.05) is 5.69 Å². The Hall–Kier alpha value is -4.13. The lowest BCUT2D eigenvalue weighted by Crippen LogP contribution is -2.20. The molecule has 0 unspecified atom stereocenters. The van der Waals surface area contributed by atoms with Crippen molar-refractivity contribution in [2.24, 2.45) is 0 Å². The van der Waals surface area contributed by atoms with Gasteiger partial charge in [0.05, 0.1) is 5.56 Å². The van der Waals surface area contributed by atoms with Crippen molar-refractivity contribution in [3.05, 3.63) is 89.8 Å². The summed E-state index contributed by atoms with van der Waals surface area (Å²) < 4.78 is 16.8. The average Bonchev–Trinajstić information content (AvgIpc) is 3.25. The van der Waals surface area contributed by atoms with Crippen molar-refractivity contribution in [3.8, 4) is 22.9 Å². The first-order valence-electron chi connectivity index (χ1n) is 10.2. The first-order valence-corrected chi connectivity index (χ1v) is 10.2. The van der Waals surface area contributed by atoms with Crippen LogP contribution >= 0.6 is 0 Å². The minimum atomic E-state index is -0.259. The van der Waals surface area contributed by atoms with Crippen molar-refractivity contribution in [3.63, 3.8) is 0 Å². The summed E-state index contributed by atoms with van der Waals surface area (Å²) in [6.07, 6.45) is 0. The molecule has 1 amide bonds. The molecule has 1 heterocycles. The van der Waals surface area contributed by atoms with Crippen molar-refractivity contribution < 1.29 is 18.8 Å². The SMILES string of the molecule is Cc1cccc(NC(=O)COc2ccccc2-c2noc(COc3cccc(C)c3)n2)c1. The summed E-state index contributed by atoms with van der Waals surface area (Å²) in [6, 6.07) is 22.5. The predicted molar refractivity (Wildman–Crippen MR) is 121 cm³/mol. The summed E-state index contributed by atoms with van der Waals surface area (Å²) in [4.78, 5) is 16.7. The van der Waals surface area contributed by atoms with E-state index in [0.717, 1.165) is 22.6 Å². The quantitative estimate of drug-likeness (QED) is 0.426. The maximum Gasteiger partial charge on any atom is 0.264 e. The third kappa shape index (κ3) is 5.51. The molecule has 4 rings (SSSR count). The number of hydrogen-bond acceptors (Lipinski definition) is 6. The van der Waals surface area contributed by atoms with Gasteiger partial charge in [0.25, 0.3) is 11.8 Å². The largest absolute Gasteiger partial charge is 0.484 e. The second-order valence-electron chi connectivity index (χ2n) is 7.32. The van der Waals surface area contributed by atoms with Crippen LogP contribution in [0.3, 0.4) is 0 Å². The minimum Gasteiger partial charge on any atom is -0.484 e. The maximum atomic E-state index is 12.3. The molecule has 4 aromatic rings. The van der Waals surface area contributed by atoms with E-state index in [-0.39, 0.29) is 19.1 Å². The van der Waals surface area contributed by atoms with E-state index in [1.807, 2.05) is 80.6 Å². The van der Waals surface area contributed by atoms with Gasteiger partial charge in [-0.1, -0.05) is 41.6 Å². The monoisotopic (exact) mass is 429 g/mol. The lowest BCUT2D eigenvalue weighted by Gasteiger charge is -2.10. The average molecular weight is 429 g/mol. The Morgan fingerprint density at radius 2 is 1.72 bits per heavy atom. The lowest BCUT2D eigenvalue weighted by atomic mass is 10.2. The van der Waals surface area contributed by atoms with Crippen LogP contribution < -0.4 is 14.8 Å². The highest BCUT2D eigenvalue weighted by Gasteiger charge is 2.15. The number of para-hydroxylation sites is 1. The molecule has 1 N–H and O–H groups in total. The van der Waals surface area contributed by atoms with Gasteiger partial charge >= 0.3 is 0 Å². The Labute approximate surface area is 186 Å². The van der Waals surface area contributed by atoms with Gasteiger partial charge < -0.3 is 19.3 Å². The summed E-state index contributed by atoms with van der Waals surface area (Å²) in [5, 5.41) is 6.86. The van der Waals surface area contributed by atoms with Gasteiger partial charge in [-0.05, 0) is 61.4 Å². The Morgan fingerprint density at radius 1 is 0.938 bits per heavy atom. The number of carbonyl (C=O) groups excluding carboxylic acids is 1. The van der Waals surface area contributed by atoms with Crippen LogP contribution in [0.2, 0.25) is 0 Å². The van der Waals surface area contributed by atoms with Crippen molar-refractivity contribution in [2.45, 2.75) is 20.5 Å². The molecule has 0 radical (unpaired) electrons. The molecule has 0 spiro atoms.